The van der Waals surface area contributed by atoms with E-state index in [1.54, 1.807) is 12.1 Å². The lowest BCUT2D eigenvalue weighted by atomic mass is 10.2. The summed E-state index contributed by atoms with van der Waals surface area (Å²) in [5, 5.41) is 0. The molecule has 2 unspecified atom stereocenters. The lowest BCUT2D eigenvalue weighted by Crippen LogP contribution is -2.06. The van der Waals surface area contributed by atoms with Crippen LogP contribution in [0.3, 0.4) is 0 Å². The Kier molecular flexibility index (Phi) is 5.09. The summed E-state index contributed by atoms with van der Waals surface area (Å²) in [4.78, 5) is 0. The van der Waals surface area contributed by atoms with Gasteiger partial charge in [-0.3, -0.25) is 0 Å². The van der Waals surface area contributed by atoms with Gasteiger partial charge in [-0.25, -0.2) is 0 Å². The van der Waals surface area contributed by atoms with Crippen LogP contribution in [0.25, 0.3) is 0 Å². The van der Waals surface area contributed by atoms with Gasteiger partial charge in [0.15, 0.2) is 0 Å². The first-order valence-corrected chi connectivity index (χ1v) is 10.2. The van der Waals surface area contributed by atoms with Crippen LogP contribution in [-0.2, 0) is 0 Å². The second kappa shape index (κ2) is 6.87. The highest BCUT2D eigenvalue weighted by atomic mass is 28.2. The minimum absolute atomic E-state index is 0.174. The van der Waals surface area contributed by atoms with Gasteiger partial charge in [0, 0.05) is 19.0 Å². The summed E-state index contributed by atoms with van der Waals surface area (Å²) in [6.07, 6.45) is 21.1. The van der Waals surface area contributed by atoms with Crippen LogP contribution in [0.1, 0.15) is 12.8 Å². The van der Waals surface area contributed by atoms with E-state index in [1.807, 2.05) is 0 Å². The van der Waals surface area contributed by atoms with Gasteiger partial charge in [-0.15, -0.1) is 0 Å². The van der Waals surface area contributed by atoms with Crippen LogP contribution in [0.5, 0.6) is 0 Å². The van der Waals surface area contributed by atoms with Crippen molar-refractivity contribution in [3.63, 3.8) is 0 Å². The van der Waals surface area contributed by atoms with E-state index in [2.05, 4.69) is 48.6 Å². The summed E-state index contributed by atoms with van der Waals surface area (Å²) in [5.74, 6) is 0. The molecule has 0 amide bonds. The predicted molar refractivity (Wildman–Crippen MR) is 80.0 cm³/mol. The molecular formula is C14H22Si2. The smallest absolute Gasteiger partial charge is 0.0280 e. The zero-order valence-corrected chi connectivity index (χ0v) is 12.8. The molecule has 0 bridgehead atoms. The molecule has 0 heterocycles. The number of hydrogen-bond acceptors (Lipinski definition) is 0. The topological polar surface area (TPSA) is 0 Å². The molecule has 2 aliphatic rings. The highest BCUT2D eigenvalue weighted by molar-refractivity contribution is 6.44. The van der Waals surface area contributed by atoms with Gasteiger partial charge in [0.1, 0.15) is 0 Å². The second-order valence-electron chi connectivity index (χ2n) is 4.90. The molecule has 16 heavy (non-hydrogen) atoms. The van der Waals surface area contributed by atoms with Crippen molar-refractivity contribution in [3.05, 3.63) is 48.6 Å². The zero-order chi connectivity index (χ0) is 11.1. The molecule has 2 atom stereocenters. The van der Waals surface area contributed by atoms with Crippen LogP contribution in [0.15, 0.2) is 48.6 Å². The summed E-state index contributed by atoms with van der Waals surface area (Å²) < 4.78 is 0. The van der Waals surface area contributed by atoms with Gasteiger partial charge in [0.2, 0.25) is 0 Å². The lowest BCUT2D eigenvalue weighted by Gasteiger charge is -2.14. The number of hydrogen-bond donors (Lipinski definition) is 0. The molecule has 0 radical (unpaired) electrons. The molecule has 2 heteroatoms. The highest BCUT2D eigenvalue weighted by Crippen LogP contribution is 2.21. The minimum Gasteiger partial charge on any atom is -0.0844 e. The molecule has 0 saturated heterocycles. The third-order valence-corrected chi connectivity index (χ3v) is 9.05. The van der Waals surface area contributed by atoms with Gasteiger partial charge in [-0.1, -0.05) is 60.7 Å². The first-order chi connectivity index (χ1) is 7.95. The van der Waals surface area contributed by atoms with E-state index in [1.165, 1.54) is 12.8 Å². The molecule has 0 aromatic carbocycles. The molecule has 0 fully saturated rings. The molecule has 0 nitrogen and oxygen atoms in total. The third-order valence-electron chi connectivity index (χ3n) is 3.54. The number of rotatable bonds is 5. The van der Waals surface area contributed by atoms with Crippen molar-refractivity contribution in [1.29, 1.82) is 0 Å². The van der Waals surface area contributed by atoms with E-state index in [0.29, 0.717) is 0 Å². The normalized spacial score (nSPS) is 29.0. The first kappa shape index (κ1) is 11.9. The summed E-state index contributed by atoms with van der Waals surface area (Å²) in [5.41, 5.74) is 1.95. The second-order valence-corrected chi connectivity index (χ2v) is 9.57. The van der Waals surface area contributed by atoms with Crippen LogP contribution in [0.2, 0.25) is 23.2 Å². The van der Waals surface area contributed by atoms with Gasteiger partial charge in [-0.05, 0) is 23.9 Å². The Morgan fingerprint density at radius 3 is 1.62 bits per heavy atom. The van der Waals surface area contributed by atoms with Crippen LogP contribution < -0.4 is 0 Å². The summed E-state index contributed by atoms with van der Waals surface area (Å²) in [6, 6.07) is 3.17. The van der Waals surface area contributed by atoms with Crippen molar-refractivity contribution in [2.75, 3.05) is 0 Å². The van der Waals surface area contributed by atoms with E-state index >= 15 is 0 Å². The van der Waals surface area contributed by atoms with Crippen molar-refractivity contribution >= 4 is 19.0 Å². The lowest BCUT2D eigenvalue weighted by molar-refractivity contribution is 0.992. The fraction of sp³-hybridized carbons (Fsp3) is 0.429. The maximum atomic E-state index is 2.44. The van der Waals surface area contributed by atoms with Gasteiger partial charge in [-0.2, -0.15) is 0 Å². The first-order valence-electron chi connectivity index (χ1n) is 6.62. The summed E-state index contributed by atoms with van der Waals surface area (Å²) in [7, 11) is 0.347. The SMILES string of the molecule is C1=CCC([SiH2]CC[SiH2]C2C=CC=CC2)C=C1. The van der Waals surface area contributed by atoms with Crippen LogP contribution in [-0.4, -0.2) is 19.0 Å². The van der Waals surface area contributed by atoms with Crippen molar-refractivity contribution in [1.82, 2.24) is 0 Å². The molecule has 0 N–H and O–H groups in total. The summed E-state index contributed by atoms with van der Waals surface area (Å²) in [6.45, 7) is 0. The molecular weight excluding hydrogens is 224 g/mol. The van der Waals surface area contributed by atoms with Crippen molar-refractivity contribution < 1.29 is 0 Å². The monoisotopic (exact) mass is 246 g/mol. The fourth-order valence-corrected chi connectivity index (χ4v) is 7.42. The Labute approximate surface area is 104 Å². The van der Waals surface area contributed by atoms with E-state index in [4.69, 9.17) is 0 Å². The van der Waals surface area contributed by atoms with Crippen molar-refractivity contribution in [2.45, 2.75) is 36.0 Å². The Hall–Kier alpha value is -0.606. The number of allylic oxidation sites excluding steroid dienone is 8. The molecule has 0 saturated carbocycles. The Morgan fingerprint density at radius 1 is 0.750 bits per heavy atom. The predicted octanol–water partition coefficient (Wildman–Crippen LogP) is 2.77. The third kappa shape index (κ3) is 4.10. The molecule has 0 aromatic heterocycles. The molecule has 0 aliphatic heterocycles. The molecule has 0 spiro atoms. The zero-order valence-electron chi connectivity index (χ0n) is 10.0. The average molecular weight is 247 g/mol. The fourth-order valence-electron chi connectivity index (χ4n) is 2.50. The Balaban J connectivity index is 1.55. The van der Waals surface area contributed by atoms with E-state index in [9.17, 15) is 0 Å². The van der Waals surface area contributed by atoms with E-state index in [0.717, 1.165) is 11.1 Å². The van der Waals surface area contributed by atoms with Gasteiger partial charge in [0.25, 0.3) is 0 Å². The molecule has 0 aromatic rings. The standard InChI is InChI=1S/C14H22Si2/c1-3-7-13(8-4-1)15-11-12-16-14-9-5-2-6-10-14/h1-7,9,13-14H,8,10-12,15-16H2. The summed E-state index contributed by atoms with van der Waals surface area (Å²) >= 11 is 0. The van der Waals surface area contributed by atoms with Gasteiger partial charge in [0.05, 0.1) is 0 Å². The van der Waals surface area contributed by atoms with E-state index < -0.39 is 0 Å². The average Bonchev–Trinajstić information content (AvgIpc) is 2.37. The molecule has 86 valence electrons. The van der Waals surface area contributed by atoms with Gasteiger partial charge < -0.3 is 0 Å². The van der Waals surface area contributed by atoms with Gasteiger partial charge >= 0.3 is 0 Å². The van der Waals surface area contributed by atoms with Crippen molar-refractivity contribution in [3.8, 4) is 0 Å². The minimum atomic E-state index is 0.174. The quantitative estimate of drug-likeness (QED) is 0.517. The van der Waals surface area contributed by atoms with Crippen LogP contribution in [0, 0.1) is 0 Å². The molecule has 2 aliphatic carbocycles. The van der Waals surface area contributed by atoms with Crippen LogP contribution >= 0.6 is 0 Å². The van der Waals surface area contributed by atoms with Crippen LogP contribution in [0.4, 0.5) is 0 Å². The Bertz CT molecular complexity index is 281. The largest absolute Gasteiger partial charge is 0.0844 e. The highest BCUT2D eigenvalue weighted by Gasteiger charge is 2.08. The Morgan fingerprint density at radius 2 is 1.25 bits per heavy atom. The van der Waals surface area contributed by atoms with Crippen molar-refractivity contribution in [2.24, 2.45) is 0 Å². The maximum absolute atomic E-state index is 2.44. The molecule has 2 rings (SSSR count). The maximum Gasteiger partial charge on any atom is 0.0280 e. The van der Waals surface area contributed by atoms with E-state index in [-0.39, 0.29) is 19.0 Å².